The molecule has 3 rings (SSSR count). The summed E-state index contributed by atoms with van der Waals surface area (Å²) in [4.78, 5) is 11.2. The summed E-state index contributed by atoms with van der Waals surface area (Å²) < 4.78 is 0. The second-order valence-corrected chi connectivity index (χ2v) is 5.67. The van der Waals surface area contributed by atoms with Gasteiger partial charge in [0.25, 0.3) is 0 Å². The minimum atomic E-state index is 0.547. The Balaban J connectivity index is 1.91. The van der Waals surface area contributed by atoms with Crippen LogP contribution in [-0.2, 0) is 13.0 Å². The first-order valence-corrected chi connectivity index (χ1v) is 7.04. The summed E-state index contributed by atoms with van der Waals surface area (Å²) in [5.41, 5.74) is 9.45. The molecule has 4 heteroatoms. The third-order valence-electron chi connectivity index (χ3n) is 3.69. The molecule has 1 aromatic carbocycles. The van der Waals surface area contributed by atoms with E-state index in [1.165, 1.54) is 11.3 Å². The molecule has 2 heterocycles. The molecular formula is C16H20N4. The van der Waals surface area contributed by atoms with Gasteiger partial charge in [-0.1, -0.05) is 25.1 Å². The number of fused-ring (bicyclic) bond motifs is 1. The highest BCUT2D eigenvalue weighted by molar-refractivity contribution is 5.55. The van der Waals surface area contributed by atoms with Crippen LogP contribution in [-0.4, -0.2) is 16.5 Å². The van der Waals surface area contributed by atoms with E-state index in [1.54, 1.807) is 6.07 Å². The highest BCUT2D eigenvalue weighted by atomic mass is 15.2. The third-order valence-corrected chi connectivity index (χ3v) is 3.69. The Bertz CT molecular complexity index is 603. The van der Waals surface area contributed by atoms with E-state index in [0.717, 1.165) is 24.5 Å². The predicted molar refractivity (Wildman–Crippen MR) is 81.5 cm³/mol. The second kappa shape index (κ2) is 5.12. The molecule has 0 saturated heterocycles. The van der Waals surface area contributed by atoms with Crippen LogP contribution in [0, 0.1) is 12.8 Å². The molecule has 104 valence electrons. The van der Waals surface area contributed by atoms with Crippen molar-refractivity contribution < 1.29 is 0 Å². The molecular weight excluding hydrogens is 248 g/mol. The lowest BCUT2D eigenvalue weighted by Gasteiger charge is -2.34. The first-order valence-electron chi connectivity index (χ1n) is 7.04. The van der Waals surface area contributed by atoms with Gasteiger partial charge in [0, 0.05) is 24.0 Å². The molecule has 2 N–H and O–H groups in total. The topological polar surface area (TPSA) is 55.0 Å². The Morgan fingerprint density at radius 1 is 1.30 bits per heavy atom. The maximum Gasteiger partial charge on any atom is 0.150 e. The van der Waals surface area contributed by atoms with Crippen molar-refractivity contribution in [2.24, 2.45) is 5.92 Å². The van der Waals surface area contributed by atoms with Crippen LogP contribution in [0.3, 0.4) is 0 Å². The van der Waals surface area contributed by atoms with E-state index in [0.29, 0.717) is 18.3 Å². The van der Waals surface area contributed by atoms with Gasteiger partial charge in [-0.25, -0.2) is 9.97 Å². The van der Waals surface area contributed by atoms with Gasteiger partial charge in [-0.3, -0.25) is 0 Å². The number of hydrogen-bond donors (Lipinski definition) is 1. The summed E-state index contributed by atoms with van der Waals surface area (Å²) >= 11 is 0. The van der Waals surface area contributed by atoms with E-state index < -0.39 is 0 Å². The zero-order valence-corrected chi connectivity index (χ0v) is 12.0. The van der Waals surface area contributed by atoms with Crippen LogP contribution >= 0.6 is 0 Å². The van der Waals surface area contributed by atoms with E-state index in [-0.39, 0.29) is 0 Å². The number of aryl methyl sites for hydroxylation is 1. The van der Waals surface area contributed by atoms with Crippen molar-refractivity contribution in [2.75, 3.05) is 17.2 Å². The molecule has 1 aliphatic rings. The van der Waals surface area contributed by atoms with Crippen LogP contribution in [0.1, 0.15) is 24.0 Å². The van der Waals surface area contributed by atoms with Crippen LogP contribution in [0.15, 0.2) is 30.3 Å². The van der Waals surface area contributed by atoms with Crippen molar-refractivity contribution >= 4 is 11.5 Å². The standard InChI is InChI=1S/C16H20N4/c1-11-7-13-5-3-4-6-14(13)20(9-11)10-16-18-12(2)8-15(17)19-16/h3-6,8,11H,7,9-10H2,1-2H3,(H2,17,18,19). The molecule has 0 radical (unpaired) electrons. The molecule has 1 aliphatic heterocycles. The highest BCUT2D eigenvalue weighted by Crippen LogP contribution is 2.30. The van der Waals surface area contributed by atoms with Crippen LogP contribution < -0.4 is 10.6 Å². The van der Waals surface area contributed by atoms with Crippen LogP contribution in [0.2, 0.25) is 0 Å². The zero-order chi connectivity index (χ0) is 14.1. The van der Waals surface area contributed by atoms with E-state index in [4.69, 9.17) is 5.73 Å². The van der Waals surface area contributed by atoms with Gasteiger partial charge in [0.1, 0.15) is 11.6 Å². The number of hydrogen-bond acceptors (Lipinski definition) is 4. The van der Waals surface area contributed by atoms with E-state index >= 15 is 0 Å². The number of aromatic nitrogens is 2. The second-order valence-electron chi connectivity index (χ2n) is 5.67. The first-order chi connectivity index (χ1) is 9.61. The molecule has 20 heavy (non-hydrogen) atoms. The van der Waals surface area contributed by atoms with Crippen LogP contribution in [0.4, 0.5) is 11.5 Å². The van der Waals surface area contributed by atoms with Gasteiger partial charge < -0.3 is 10.6 Å². The zero-order valence-electron chi connectivity index (χ0n) is 12.0. The normalized spacial score (nSPS) is 17.9. The SMILES string of the molecule is Cc1cc(N)nc(CN2CC(C)Cc3ccccc32)n1. The molecule has 0 spiro atoms. The average molecular weight is 268 g/mol. The van der Waals surface area contributed by atoms with Crippen molar-refractivity contribution in [3.05, 3.63) is 47.4 Å². The molecule has 1 atom stereocenters. The van der Waals surface area contributed by atoms with Crippen molar-refractivity contribution in [2.45, 2.75) is 26.8 Å². The Kier molecular flexibility index (Phi) is 3.30. The average Bonchev–Trinajstić information content (AvgIpc) is 2.37. The van der Waals surface area contributed by atoms with Crippen molar-refractivity contribution in [1.82, 2.24) is 9.97 Å². The summed E-state index contributed by atoms with van der Waals surface area (Å²) in [7, 11) is 0. The quantitative estimate of drug-likeness (QED) is 0.909. The number of nitrogens with zero attached hydrogens (tertiary/aromatic N) is 3. The number of para-hydroxylation sites is 1. The van der Waals surface area contributed by atoms with E-state index in [2.05, 4.69) is 46.1 Å². The molecule has 0 aliphatic carbocycles. The number of nitrogen functional groups attached to an aromatic ring is 1. The van der Waals surface area contributed by atoms with Gasteiger partial charge >= 0.3 is 0 Å². The van der Waals surface area contributed by atoms with E-state index in [1.807, 2.05) is 6.92 Å². The summed E-state index contributed by atoms with van der Waals surface area (Å²) in [6, 6.07) is 10.4. The van der Waals surface area contributed by atoms with Crippen molar-refractivity contribution in [3.8, 4) is 0 Å². The third kappa shape index (κ3) is 2.59. The Morgan fingerprint density at radius 2 is 2.10 bits per heavy atom. The molecule has 0 fully saturated rings. The Labute approximate surface area is 119 Å². The maximum atomic E-state index is 5.82. The molecule has 4 nitrogen and oxygen atoms in total. The highest BCUT2D eigenvalue weighted by Gasteiger charge is 2.22. The van der Waals surface area contributed by atoms with Gasteiger partial charge in [0.2, 0.25) is 0 Å². The van der Waals surface area contributed by atoms with Crippen molar-refractivity contribution in [3.63, 3.8) is 0 Å². The lowest BCUT2D eigenvalue weighted by atomic mass is 9.94. The summed E-state index contributed by atoms with van der Waals surface area (Å²) in [6.07, 6.45) is 1.14. The minimum Gasteiger partial charge on any atom is -0.384 e. The monoisotopic (exact) mass is 268 g/mol. The largest absolute Gasteiger partial charge is 0.384 e. The fraction of sp³-hybridized carbons (Fsp3) is 0.375. The number of benzene rings is 1. The molecule has 0 amide bonds. The van der Waals surface area contributed by atoms with Gasteiger partial charge in [-0.15, -0.1) is 0 Å². The lowest BCUT2D eigenvalue weighted by Crippen LogP contribution is -2.34. The summed E-state index contributed by atoms with van der Waals surface area (Å²) in [5, 5.41) is 0. The van der Waals surface area contributed by atoms with Gasteiger partial charge in [-0.2, -0.15) is 0 Å². The van der Waals surface area contributed by atoms with Gasteiger partial charge in [0.05, 0.1) is 6.54 Å². The molecule has 1 unspecified atom stereocenters. The fourth-order valence-electron chi connectivity index (χ4n) is 2.95. The van der Waals surface area contributed by atoms with Gasteiger partial charge in [-0.05, 0) is 30.9 Å². The van der Waals surface area contributed by atoms with Crippen LogP contribution in [0.25, 0.3) is 0 Å². The number of nitrogens with two attached hydrogens (primary N) is 1. The minimum absolute atomic E-state index is 0.547. The predicted octanol–water partition coefficient (Wildman–Crippen LogP) is 2.57. The molecule has 1 aromatic heterocycles. The first kappa shape index (κ1) is 12.9. The maximum absolute atomic E-state index is 5.82. The number of rotatable bonds is 2. The molecule has 2 aromatic rings. The Morgan fingerprint density at radius 3 is 2.90 bits per heavy atom. The van der Waals surface area contributed by atoms with E-state index in [9.17, 15) is 0 Å². The lowest BCUT2D eigenvalue weighted by molar-refractivity contribution is 0.526. The number of anilines is 2. The Hall–Kier alpha value is -2.10. The smallest absolute Gasteiger partial charge is 0.150 e. The van der Waals surface area contributed by atoms with Crippen molar-refractivity contribution in [1.29, 1.82) is 0 Å². The van der Waals surface area contributed by atoms with Gasteiger partial charge in [0.15, 0.2) is 0 Å². The summed E-state index contributed by atoms with van der Waals surface area (Å²) in [5.74, 6) is 1.99. The van der Waals surface area contributed by atoms with Crippen LogP contribution in [0.5, 0.6) is 0 Å². The molecule has 0 saturated carbocycles. The fourth-order valence-corrected chi connectivity index (χ4v) is 2.95. The molecule has 0 bridgehead atoms. The summed E-state index contributed by atoms with van der Waals surface area (Å²) in [6.45, 7) is 5.99.